The van der Waals surface area contributed by atoms with Crippen LogP contribution in [0.1, 0.15) is 35.4 Å². The molecule has 188 valence electrons. The van der Waals surface area contributed by atoms with E-state index in [1.807, 2.05) is 36.4 Å². The van der Waals surface area contributed by atoms with Crippen LogP contribution >= 0.6 is 0 Å². The Balaban J connectivity index is 1.56. The SMILES string of the molecule is C[C@H]1CN(CC(C(=O)O)c2ccccc2)CC[C@H]1N(C(=O)c1ccco1)c1cccc(NC(N)=O)c1. The van der Waals surface area contributed by atoms with Gasteiger partial charge in [0.1, 0.15) is 0 Å². The fraction of sp³-hybridized carbons (Fsp3) is 0.296. The number of carbonyl (C=O) groups excluding carboxylic acids is 2. The lowest BCUT2D eigenvalue weighted by molar-refractivity contribution is -0.139. The number of urea groups is 1. The van der Waals surface area contributed by atoms with Gasteiger partial charge in [-0.05, 0) is 48.2 Å². The van der Waals surface area contributed by atoms with Crippen molar-refractivity contribution < 1.29 is 23.9 Å². The highest BCUT2D eigenvalue weighted by molar-refractivity contribution is 6.05. The average Bonchev–Trinajstić information content (AvgIpc) is 3.39. The third kappa shape index (κ3) is 5.75. The second-order valence-electron chi connectivity index (χ2n) is 9.09. The fourth-order valence-electron chi connectivity index (χ4n) is 4.89. The Morgan fingerprint density at radius 3 is 2.56 bits per heavy atom. The van der Waals surface area contributed by atoms with Crippen LogP contribution in [-0.4, -0.2) is 53.6 Å². The Bertz CT molecular complexity index is 1200. The Kier molecular flexibility index (Phi) is 7.70. The topological polar surface area (TPSA) is 129 Å². The van der Waals surface area contributed by atoms with Gasteiger partial charge in [0.05, 0.1) is 12.2 Å². The summed E-state index contributed by atoms with van der Waals surface area (Å²) >= 11 is 0. The second kappa shape index (κ2) is 11.1. The number of furan rings is 1. The number of primary amides is 1. The normalized spacial score (nSPS) is 18.8. The molecule has 0 spiro atoms. The van der Waals surface area contributed by atoms with Crippen LogP contribution in [-0.2, 0) is 4.79 Å². The summed E-state index contributed by atoms with van der Waals surface area (Å²) in [5.41, 5.74) is 7.14. The lowest BCUT2D eigenvalue weighted by atomic mass is 9.90. The summed E-state index contributed by atoms with van der Waals surface area (Å²) in [6, 6.07) is 18.6. The molecule has 1 saturated heterocycles. The predicted octanol–water partition coefficient (Wildman–Crippen LogP) is 4.00. The maximum atomic E-state index is 13.5. The standard InChI is InChI=1S/C27H30N4O5/c1-18-16-30(17-22(26(33)34)19-7-3-2-4-8-19)13-12-23(18)31(25(32)24-11-6-14-36-24)21-10-5-9-20(15-21)29-27(28)35/h2-11,14-15,18,22-23H,12-13,16-17H2,1H3,(H,33,34)(H3,28,29,35)/t18-,22?,23+/m0/s1. The molecule has 9 heteroatoms. The third-order valence-corrected chi connectivity index (χ3v) is 6.56. The van der Waals surface area contributed by atoms with Crippen molar-refractivity contribution in [1.29, 1.82) is 0 Å². The predicted molar refractivity (Wildman–Crippen MR) is 136 cm³/mol. The van der Waals surface area contributed by atoms with Crippen molar-refractivity contribution in [3.8, 4) is 0 Å². The van der Waals surface area contributed by atoms with E-state index in [0.29, 0.717) is 37.4 Å². The highest BCUT2D eigenvalue weighted by Crippen LogP contribution is 2.31. The van der Waals surface area contributed by atoms with Gasteiger partial charge in [0, 0.05) is 37.1 Å². The number of carboxylic acids is 1. The van der Waals surface area contributed by atoms with Gasteiger partial charge in [-0.15, -0.1) is 0 Å². The number of nitrogens with zero attached hydrogens (tertiary/aromatic N) is 2. The Morgan fingerprint density at radius 1 is 1.14 bits per heavy atom. The number of nitrogens with one attached hydrogen (secondary N) is 1. The Labute approximate surface area is 209 Å². The van der Waals surface area contributed by atoms with Gasteiger partial charge in [0.2, 0.25) is 0 Å². The van der Waals surface area contributed by atoms with Gasteiger partial charge in [0.25, 0.3) is 5.91 Å². The molecule has 36 heavy (non-hydrogen) atoms. The van der Waals surface area contributed by atoms with Gasteiger partial charge in [-0.3, -0.25) is 9.59 Å². The average molecular weight is 491 g/mol. The number of carboxylic acid groups (broad SMARTS) is 1. The van der Waals surface area contributed by atoms with E-state index in [1.54, 1.807) is 35.2 Å². The van der Waals surface area contributed by atoms with Crippen molar-refractivity contribution in [2.45, 2.75) is 25.3 Å². The van der Waals surface area contributed by atoms with E-state index in [4.69, 9.17) is 10.2 Å². The minimum Gasteiger partial charge on any atom is -0.481 e. The van der Waals surface area contributed by atoms with Crippen LogP contribution in [0.5, 0.6) is 0 Å². The molecule has 0 radical (unpaired) electrons. The summed E-state index contributed by atoms with van der Waals surface area (Å²) in [4.78, 5) is 40.8. The molecule has 3 atom stereocenters. The van der Waals surface area contributed by atoms with Crippen molar-refractivity contribution in [3.63, 3.8) is 0 Å². The van der Waals surface area contributed by atoms with E-state index in [-0.39, 0.29) is 23.6 Å². The van der Waals surface area contributed by atoms with E-state index in [9.17, 15) is 19.5 Å². The van der Waals surface area contributed by atoms with Crippen LogP contribution in [0.2, 0.25) is 0 Å². The van der Waals surface area contributed by atoms with Crippen LogP contribution in [0, 0.1) is 5.92 Å². The molecule has 4 N–H and O–H groups in total. The molecular formula is C27H30N4O5. The number of nitrogens with two attached hydrogens (primary N) is 1. The maximum absolute atomic E-state index is 13.5. The largest absolute Gasteiger partial charge is 0.481 e. The number of rotatable bonds is 8. The van der Waals surface area contributed by atoms with Crippen molar-refractivity contribution in [2.75, 3.05) is 29.9 Å². The molecule has 1 aliphatic heterocycles. The molecule has 0 saturated carbocycles. The van der Waals surface area contributed by atoms with Crippen LogP contribution < -0.4 is 16.0 Å². The number of carbonyl (C=O) groups is 3. The summed E-state index contributed by atoms with van der Waals surface area (Å²) in [7, 11) is 0. The first-order valence-electron chi connectivity index (χ1n) is 11.9. The maximum Gasteiger partial charge on any atom is 0.316 e. The van der Waals surface area contributed by atoms with Crippen molar-refractivity contribution in [1.82, 2.24) is 4.90 Å². The highest BCUT2D eigenvalue weighted by atomic mass is 16.4. The van der Waals surface area contributed by atoms with E-state index >= 15 is 0 Å². The number of piperidine rings is 1. The van der Waals surface area contributed by atoms with Gasteiger partial charge in [-0.25, -0.2) is 4.79 Å². The summed E-state index contributed by atoms with van der Waals surface area (Å²) in [5.74, 6) is -1.52. The first-order valence-corrected chi connectivity index (χ1v) is 11.9. The minimum absolute atomic E-state index is 0.0376. The van der Waals surface area contributed by atoms with Gasteiger partial charge in [-0.1, -0.05) is 43.3 Å². The van der Waals surface area contributed by atoms with Crippen LogP contribution in [0.15, 0.2) is 77.4 Å². The zero-order chi connectivity index (χ0) is 25.7. The summed E-state index contributed by atoms with van der Waals surface area (Å²) in [6.45, 7) is 3.71. The Hall–Kier alpha value is -4.11. The lowest BCUT2D eigenvalue weighted by Crippen LogP contribution is -2.53. The number of likely N-dealkylation sites (tertiary alicyclic amines) is 1. The van der Waals surface area contributed by atoms with Gasteiger partial charge in [-0.2, -0.15) is 0 Å². The first kappa shape index (κ1) is 25.0. The molecule has 4 rings (SSSR count). The smallest absolute Gasteiger partial charge is 0.316 e. The van der Waals surface area contributed by atoms with Gasteiger partial charge < -0.3 is 30.4 Å². The molecule has 1 aliphatic rings. The zero-order valence-electron chi connectivity index (χ0n) is 20.0. The molecule has 1 unspecified atom stereocenters. The molecule has 2 heterocycles. The molecular weight excluding hydrogens is 460 g/mol. The second-order valence-corrected chi connectivity index (χ2v) is 9.09. The molecule has 3 amide bonds. The molecule has 9 nitrogen and oxygen atoms in total. The van der Waals surface area contributed by atoms with E-state index in [1.165, 1.54) is 6.26 Å². The van der Waals surface area contributed by atoms with E-state index in [2.05, 4.69) is 17.1 Å². The van der Waals surface area contributed by atoms with Crippen LogP contribution in [0.4, 0.5) is 16.2 Å². The number of benzene rings is 2. The van der Waals surface area contributed by atoms with Crippen molar-refractivity contribution in [3.05, 3.63) is 84.3 Å². The highest BCUT2D eigenvalue weighted by Gasteiger charge is 2.37. The van der Waals surface area contributed by atoms with E-state index < -0.39 is 17.9 Å². The number of hydrogen-bond acceptors (Lipinski definition) is 5. The summed E-state index contributed by atoms with van der Waals surface area (Å²) in [5, 5.41) is 12.4. The van der Waals surface area contributed by atoms with Crippen molar-refractivity contribution >= 4 is 29.3 Å². The number of anilines is 2. The molecule has 1 fully saturated rings. The Morgan fingerprint density at radius 2 is 1.92 bits per heavy atom. The van der Waals surface area contributed by atoms with E-state index in [0.717, 1.165) is 5.56 Å². The molecule has 0 aliphatic carbocycles. The van der Waals surface area contributed by atoms with Gasteiger partial charge in [0.15, 0.2) is 5.76 Å². The summed E-state index contributed by atoms with van der Waals surface area (Å²) in [6.07, 6.45) is 2.10. The fourth-order valence-corrected chi connectivity index (χ4v) is 4.89. The number of aliphatic carboxylic acids is 1. The molecule has 0 bridgehead atoms. The molecule has 3 aromatic rings. The number of hydrogen-bond donors (Lipinski definition) is 3. The molecule has 1 aromatic heterocycles. The van der Waals surface area contributed by atoms with Gasteiger partial charge >= 0.3 is 12.0 Å². The lowest BCUT2D eigenvalue weighted by Gasteiger charge is -2.43. The number of amides is 3. The van der Waals surface area contributed by atoms with Crippen LogP contribution in [0.3, 0.4) is 0 Å². The van der Waals surface area contributed by atoms with Crippen molar-refractivity contribution in [2.24, 2.45) is 11.7 Å². The molecule has 2 aromatic carbocycles. The quantitative estimate of drug-likeness (QED) is 0.438. The zero-order valence-corrected chi connectivity index (χ0v) is 20.0. The minimum atomic E-state index is -0.857. The monoisotopic (exact) mass is 490 g/mol. The first-order chi connectivity index (χ1) is 17.3. The van der Waals surface area contributed by atoms with Crippen LogP contribution in [0.25, 0.3) is 0 Å². The summed E-state index contributed by atoms with van der Waals surface area (Å²) < 4.78 is 5.41. The third-order valence-electron chi connectivity index (χ3n) is 6.56.